The van der Waals surface area contributed by atoms with Crippen LogP contribution in [0.25, 0.3) is 0 Å². The SMILES string of the molecule is CC(C(=O)NC(C)(C)C)N1CCC(OCCO)CC1. The maximum absolute atomic E-state index is 12.1. The Kier molecular flexibility index (Phi) is 6.23. The van der Waals surface area contributed by atoms with Gasteiger partial charge in [0.15, 0.2) is 0 Å². The lowest BCUT2D eigenvalue weighted by molar-refractivity contribution is -0.128. The second kappa shape index (κ2) is 7.22. The first-order valence-corrected chi connectivity index (χ1v) is 7.12. The average molecular weight is 272 g/mol. The van der Waals surface area contributed by atoms with Crippen molar-refractivity contribution in [1.82, 2.24) is 10.2 Å². The summed E-state index contributed by atoms with van der Waals surface area (Å²) in [6.45, 7) is 10.2. The fraction of sp³-hybridized carbons (Fsp3) is 0.929. The number of rotatable bonds is 5. The van der Waals surface area contributed by atoms with Gasteiger partial charge in [-0.25, -0.2) is 0 Å². The highest BCUT2D eigenvalue weighted by molar-refractivity contribution is 5.81. The lowest BCUT2D eigenvalue weighted by Gasteiger charge is -2.36. The third kappa shape index (κ3) is 5.89. The molecule has 0 aromatic heterocycles. The van der Waals surface area contributed by atoms with Crippen molar-refractivity contribution in [3.8, 4) is 0 Å². The van der Waals surface area contributed by atoms with Crippen LogP contribution in [0.3, 0.4) is 0 Å². The number of likely N-dealkylation sites (tertiary alicyclic amines) is 1. The highest BCUT2D eigenvalue weighted by Gasteiger charge is 2.28. The van der Waals surface area contributed by atoms with Gasteiger partial charge in [0.05, 0.1) is 25.4 Å². The lowest BCUT2D eigenvalue weighted by Crippen LogP contribution is -2.53. The standard InChI is InChI=1S/C14H28N2O3/c1-11(13(18)15-14(2,3)4)16-7-5-12(6-8-16)19-10-9-17/h11-12,17H,5-10H2,1-4H3,(H,15,18). The van der Waals surface area contributed by atoms with E-state index in [1.807, 2.05) is 27.7 Å². The Balaban J connectivity index is 2.36. The van der Waals surface area contributed by atoms with Crippen LogP contribution >= 0.6 is 0 Å². The van der Waals surface area contributed by atoms with Gasteiger partial charge in [0.25, 0.3) is 0 Å². The molecule has 0 spiro atoms. The zero-order valence-electron chi connectivity index (χ0n) is 12.6. The van der Waals surface area contributed by atoms with Crippen LogP contribution in [0.4, 0.5) is 0 Å². The van der Waals surface area contributed by atoms with E-state index in [1.54, 1.807) is 0 Å². The van der Waals surface area contributed by atoms with Crippen LogP contribution in [0.15, 0.2) is 0 Å². The zero-order chi connectivity index (χ0) is 14.5. The van der Waals surface area contributed by atoms with Crippen LogP contribution in [0, 0.1) is 0 Å². The monoisotopic (exact) mass is 272 g/mol. The molecule has 1 heterocycles. The molecular formula is C14H28N2O3. The minimum Gasteiger partial charge on any atom is -0.394 e. The van der Waals surface area contributed by atoms with Crippen molar-refractivity contribution < 1.29 is 14.6 Å². The van der Waals surface area contributed by atoms with Gasteiger partial charge in [-0.15, -0.1) is 0 Å². The number of ether oxygens (including phenoxy) is 1. The van der Waals surface area contributed by atoms with Gasteiger partial charge in [0.2, 0.25) is 5.91 Å². The van der Waals surface area contributed by atoms with E-state index in [-0.39, 0.29) is 30.2 Å². The van der Waals surface area contributed by atoms with Crippen LogP contribution in [0.2, 0.25) is 0 Å². The molecule has 1 aliphatic heterocycles. The summed E-state index contributed by atoms with van der Waals surface area (Å²) in [6.07, 6.45) is 2.07. The molecule has 19 heavy (non-hydrogen) atoms. The Morgan fingerprint density at radius 1 is 1.42 bits per heavy atom. The van der Waals surface area contributed by atoms with Crippen molar-refractivity contribution in [2.24, 2.45) is 0 Å². The van der Waals surface area contributed by atoms with Crippen molar-refractivity contribution in [3.63, 3.8) is 0 Å². The Hall–Kier alpha value is -0.650. The molecule has 0 bridgehead atoms. The number of hydrogen-bond donors (Lipinski definition) is 2. The number of carbonyl (C=O) groups is 1. The van der Waals surface area contributed by atoms with Crippen LogP contribution in [-0.2, 0) is 9.53 Å². The summed E-state index contributed by atoms with van der Waals surface area (Å²) in [4.78, 5) is 14.3. The van der Waals surface area contributed by atoms with E-state index in [0.717, 1.165) is 25.9 Å². The third-order valence-electron chi connectivity index (χ3n) is 3.35. The quantitative estimate of drug-likeness (QED) is 0.776. The Morgan fingerprint density at radius 2 is 2.00 bits per heavy atom. The number of amides is 1. The van der Waals surface area contributed by atoms with Gasteiger partial charge < -0.3 is 15.2 Å². The predicted octanol–water partition coefficient (Wildman–Crippen LogP) is 0.763. The summed E-state index contributed by atoms with van der Waals surface area (Å²) >= 11 is 0. The zero-order valence-corrected chi connectivity index (χ0v) is 12.6. The van der Waals surface area contributed by atoms with Gasteiger partial charge in [-0.2, -0.15) is 0 Å². The number of nitrogens with zero attached hydrogens (tertiary/aromatic N) is 1. The topological polar surface area (TPSA) is 61.8 Å². The minimum atomic E-state index is -0.187. The van der Waals surface area contributed by atoms with E-state index in [0.29, 0.717) is 6.61 Å². The molecule has 1 atom stereocenters. The van der Waals surface area contributed by atoms with E-state index >= 15 is 0 Å². The van der Waals surface area contributed by atoms with Gasteiger partial charge >= 0.3 is 0 Å². The molecule has 0 aliphatic carbocycles. The second-order valence-corrected chi connectivity index (χ2v) is 6.24. The fourth-order valence-electron chi connectivity index (χ4n) is 2.29. The fourth-order valence-corrected chi connectivity index (χ4v) is 2.29. The molecule has 0 aromatic rings. The second-order valence-electron chi connectivity index (χ2n) is 6.24. The summed E-state index contributed by atoms with van der Waals surface area (Å²) in [5, 5.41) is 11.7. The van der Waals surface area contributed by atoms with Gasteiger partial charge in [-0.1, -0.05) is 0 Å². The number of aliphatic hydroxyl groups excluding tert-OH is 1. The number of nitrogens with one attached hydrogen (secondary N) is 1. The maximum atomic E-state index is 12.1. The first-order valence-electron chi connectivity index (χ1n) is 7.12. The Labute approximate surface area is 116 Å². The highest BCUT2D eigenvalue weighted by Crippen LogP contribution is 2.16. The molecule has 5 heteroatoms. The van der Waals surface area contributed by atoms with E-state index in [1.165, 1.54) is 0 Å². The third-order valence-corrected chi connectivity index (χ3v) is 3.35. The number of aliphatic hydroxyl groups is 1. The predicted molar refractivity (Wildman–Crippen MR) is 75.0 cm³/mol. The normalized spacial score (nSPS) is 20.3. The van der Waals surface area contributed by atoms with Crippen LogP contribution in [-0.4, -0.2) is 59.9 Å². The molecule has 5 nitrogen and oxygen atoms in total. The summed E-state index contributed by atoms with van der Waals surface area (Å²) in [7, 11) is 0. The smallest absolute Gasteiger partial charge is 0.237 e. The van der Waals surface area contributed by atoms with Gasteiger partial charge in [0.1, 0.15) is 0 Å². The first-order chi connectivity index (χ1) is 8.83. The average Bonchev–Trinajstić information content (AvgIpc) is 2.34. The van der Waals surface area contributed by atoms with Gasteiger partial charge in [-0.3, -0.25) is 9.69 Å². The van der Waals surface area contributed by atoms with Gasteiger partial charge in [0, 0.05) is 18.6 Å². The molecule has 1 saturated heterocycles. The molecular weight excluding hydrogens is 244 g/mol. The lowest BCUT2D eigenvalue weighted by atomic mass is 10.0. The summed E-state index contributed by atoms with van der Waals surface area (Å²) in [5.74, 6) is 0.0854. The van der Waals surface area contributed by atoms with E-state index in [9.17, 15) is 4.79 Å². The van der Waals surface area contributed by atoms with E-state index in [4.69, 9.17) is 9.84 Å². The number of hydrogen-bond acceptors (Lipinski definition) is 4. The van der Waals surface area contributed by atoms with E-state index in [2.05, 4.69) is 10.2 Å². The van der Waals surface area contributed by atoms with Gasteiger partial charge in [-0.05, 0) is 40.5 Å². The molecule has 0 saturated carbocycles. The van der Waals surface area contributed by atoms with E-state index < -0.39 is 0 Å². The Morgan fingerprint density at radius 3 is 2.47 bits per heavy atom. The largest absolute Gasteiger partial charge is 0.394 e. The summed E-state index contributed by atoms with van der Waals surface area (Å²) in [6, 6.07) is -0.0991. The van der Waals surface area contributed by atoms with Crippen LogP contribution in [0.1, 0.15) is 40.5 Å². The molecule has 1 unspecified atom stereocenters. The summed E-state index contributed by atoms with van der Waals surface area (Å²) in [5.41, 5.74) is -0.187. The molecule has 2 N–H and O–H groups in total. The minimum absolute atomic E-state index is 0.0740. The first kappa shape index (κ1) is 16.4. The molecule has 0 aromatic carbocycles. The molecule has 112 valence electrons. The molecule has 1 fully saturated rings. The molecule has 0 radical (unpaired) electrons. The van der Waals surface area contributed by atoms with Crippen LogP contribution in [0.5, 0.6) is 0 Å². The molecule has 1 aliphatic rings. The molecule has 1 rings (SSSR count). The van der Waals surface area contributed by atoms with Crippen LogP contribution < -0.4 is 5.32 Å². The highest BCUT2D eigenvalue weighted by atomic mass is 16.5. The number of piperidine rings is 1. The van der Waals surface area contributed by atoms with Crippen molar-refractivity contribution in [3.05, 3.63) is 0 Å². The van der Waals surface area contributed by atoms with Crippen molar-refractivity contribution in [1.29, 1.82) is 0 Å². The Bertz CT molecular complexity index is 281. The maximum Gasteiger partial charge on any atom is 0.237 e. The van der Waals surface area contributed by atoms with Crippen molar-refractivity contribution in [2.75, 3.05) is 26.3 Å². The van der Waals surface area contributed by atoms with Crippen molar-refractivity contribution >= 4 is 5.91 Å². The van der Waals surface area contributed by atoms with Crippen molar-refractivity contribution in [2.45, 2.75) is 58.2 Å². The molecule has 1 amide bonds. The number of carbonyl (C=O) groups excluding carboxylic acids is 1. The summed E-state index contributed by atoms with van der Waals surface area (Å²) < 4.78 is 5.52.